The molecule has 2 aromatic rings. The Kier molecular flexibility index (Phi) is 3.25. The normalized spacial score (nSPS) is 12.2. The molecule has 2 nitrogen and oxygen atoms in total. The number of nitrogens with one attached hydrogen (secondary N) is 1. The molecular weight excluding hydrogens is 208 g/mol. The highest BCUT2D eigenvalue weighted by molar-refractivity contribution is 5.83. The van der Waals surface area contributed by atoms with E-state index in [4.69, 9.17) is 0 Å². The summed E-state index contributed by atoms with van der Waals surface area (Å²) in [5.41, 5.74) is 2.90. The number of nitrogens with zero attached hydrogens (tertiary/aromatic N) is 1. The Labute approximate surface area is 104 Å². The molecule has 0 radical (unpaired) electrons. The van der Waals surface area contributed by atoms with Crippen LogP contribution in [0.5, 0.6) is 0 Å². The van der Waals surface area contributed by atoms with Crippen molar-refractivity contribution in [2.24, 2.45) is 0 Å². The molecule has 2 heteroatoms. The van der Waals surface area contributed by atoms with E-state index in [1.165, 1.54) is 16.5 Å². The second kappa shape index (κ2) is 4.53. The van der Waals surface area contributed by atoms with Crippen LogP contribution in [0.25, 0.3) is 10.9 Å². The molecule has 0 amide bonds. The van der Waals surface area contributed by atoms with E-state index in [1.807, 2.05) is 0 Å². The highest BCUT2D eigenvalue weighted by Crippen LogP contribution is 2.20. The maximum Gasteiger partial charge on any atom is 0.0525 e. The van der Waals surface area contributed by atoms with Crippen LogP contribution in [0, 0.1) is 0 Å². The van der Waals surface area contributed by atoms with Crippen LogP contribution in [0.1, 0.15) is 33.3 Å². The van der Waals surface area contributed by atoms with Gasteiger partial charge in [-0.2, -0.15) is 0 Å². The summed E-state index contributed by atoms with van der Waals surface area (Å²) < 4.78 is 2.31. The van der Waals surface area contributed by atoms with Crippen molar-refractivity contribution in [2.45, 2.75) is 46.3 Å². The number of rotatable bonds is 3. The molecule has 1 aromatic carbocycles. The van der Waals surface area contributed by atoms with Gasteiger partial charge in [0.25, 0.3) is 0 Å². The molecule has 0 aliphatic rings. The van der Waals surface area contributed by atoms with E-state index in [9.17, 15) is 0 Å². The molecular formula is C15H22N2. The fourth-order valence-corrected chi connectivity index (χ4v) is 2.11. The average Bonchev–Trinajstić information content (AvgIpc) is 2.68. The van der Waals surface area contributed by atoms with Crippen molar-refractivity contribution < 1.29 is 0 Å². The number of fused-ring (bicyclic) bond motifs is 1. The topological polar surface area (TPSA) is 17.0 Å². The van der Waals surface area contributed by atoms with Crippen LogP contribution in [0.3, 0.4) is 0 Å². The van der Waals surface area contributed by atoms with Crippen molar-refractivity contribution in [3.05, 3.63) is 36.0 Å². The van der Waals surface area contributed by atoms with Gasteiger partial charge in [-0.15, -0.1) is 0 Å². The third-order valence-electron chi connectivity index (χ3n) is 3.02. The van der Waals surface area contributed by atoms with Gasteiger partial charge in [0.05, 0.1) is 5.52 Å². The lowest BCUT2D eigenvalue weighted by Gasteiger charge is -2.21. The molecule has 0 atom stereocenters. The maximum absolute atomic E-state index is 3.56. The summed E-state index contributed by atoms with van der Waals surface area (Å²) in [5, 5.41) is 4.89. The van der Waals surface area contributed by atoms with Crippen LogP contribution in [0.4, 0.5) is 0 Å². The molecule has 0 bridgehead atoms. The summed E-state index contributed by atoms with van der Waals surface area (Å²) in [7, 11) is 0. The third-order valence-corrected chi connectivity index (χ3v) is 3.02. The van der Waals surface area contributed by atoms with Gasteiger partial charge in [-0.25, -0.2) is 0 Å². The van der Waals surface area contributed by atoms with Crippen LogP contribution in [0.2, 0.25) is 0 Å². The van der Waals surface area contributed by atoms with Gasteiger partial charge >= 0.3 is 0 Å². The summed E-state index contributed by atoms with van der Waals surface area (Å²) >= 11 is 0. The lowest BCUT2D eigenvalue weighted by atomic mass is 10.1. The average molecular weight is 230 g/mol. The largest absolute Gasteiger partial charge is 0.347 e. The molecule has 92 valence electrons. The molecule has 0 fully saturated rings. The van der Waals surface area contributed by atoms with Gasteiger partial charge < -0.3 is 9.88 Å². The van der Waals surface area contributed by atoms with Crippen LogP contribution >= 0.6 is 0 Å². The Morgan fingerprint density at radius 1 is 1.18 bits per heavy atom. The van der Waals surface area contributed by atoms with Gasteiger partial charge in [0.2, 0.25) is 0 Å². The first-order valence-corrected chi connectivity index (χ1v) is 6.33. The van der Waals surface area contributed by atoms with E-state index in [2.05, 4.69) is 68.0 Å². The fourth-order valence-electron chi connectivity index (χ4n) is 2.11. The summed E-state index contributed by atoms with van der Waals surface area (Å²) in [6, 6.07) is 8.73. The second-order valence-electron chi connectivity index (χ2n) is 5.56. The summed E-state index contributed by atoms with van der Waals surface area (Å²) in [5.74, 6) is 0. The number of aryl methyl sites for hydroxylation is 1. The zero-order valence-corrected chi connectivity index (χ0v) is 11.2. The van der Waals surface area contributed by atoms with Crippen molar-refractivity contribution in [3.8, 4) is 0 Å². The third kappa shape index (κ3) is 2.70. The maximum atomic E-state index is 3.56. The number of hydrogen-bond acceptors (Lipinski definition) is 1. The minimum atomic E-state index is 0.159. The van der Waals surface area contributed by atoms with E-state index < -0.39 is 0 Å². The molecule has 0 saturated heterocycles. The lowest BCUT2D eigenvalue weighted by Crippen LogP contribution is -2.35. The molecule has 17 heavy (non-hydrogen) atoms. The predicted molar refractivity (Wildman–Crippen MR) is 74.2 cm³/mol. The zero-order chi connectivity index (χ0) is 12.5. The fraction of sp³-hybridized carbons (Fsp3) is 0.467. The van der Waals surface area contributed by atoms with Gasteiger partial charge in [-0.1, -0.05) is 18.2 Å². The van der Waals surface area contributed by atoms with Gasteiger partial charge in [-0.05, 0) is 44.7 Å². The van der Waals surface area contributed by atoms with Crippen molar-refractivity contribution in [3.63, 3.8) is 0 Å². The van der Waals surface area contributed by atoms with E-state index >= 15 is 0 Å². The first kappa shape index (κ1) is 12.2. The van der Waals surface area contributed by atoms with Crippen molar-refractivity contribution in [2.75, 3.05) is 0 Å². The van der Waals surface area contributed by atoms with Gasteiger partial charge in [0.1, 0.15) is 0 Å². The molecule has 1 aromatic heterocycles. The summed E-state index contributed by atoms with van der Waals surface area (Å²) in [6.07, 6.45) is 2.17. The highest BCUT2D eigenvalue weighted by atomic mass is 15.0. The van der Waals surface area contributed by atoms with Crippen molar-refractivity contribution in [1.29, 1.82) is 0 Å². The Balaban J connectivity index is 2.36. The van der Waals surface area contributed by atoms with E-state index in [1.54, 1.807) is 0 Å². The molecule has 0 unspecified atom stereocenters. The molecule has 0 saturated carbocycles. The zero-order valence-electron chi connectivity index (χ0n) is 11.2. The first-order valence-electron chi connectivity index (χ1n) is 6.33. The molecule has 1 N–H and O–H groups in total. The van der Waals surface area contributed by atoms with Crippen LogP contribution in [0.15, 0.2) is 30.5 Å². The summed E-state index contributed by atoms with van der Waals surface area (Å²) in [4.78, 5) is 0. The monoisotopic (exact) mass is 230 g/mol. The molecule has 0 aliphatic heterocycles. The Morgan fingerprint density at radius 3 is 2.59 bits per heavy atom. The van der Waals surface area contributed by atoms with E-state index in [0.29, 0.717) is 0 Å². The number of aromatic nitrogens is 1. The molecule has 1 heterocycles. The van der Waals surface area contributed by atoms with E-state index in [-0.39, 0.29) is 5.54 Å². The van der Waals surface area contributed by atoms with E-state index in [0.717, 1.165) is 13.1 Å². The Bertz CT molecular complexity index is 503. The number of hydrogen-bond donors (Lipinski definition) is 1. The minimum Gasteiger partial charge on any atom is -0.347 e. The van der Waals surface area contributed by atoms with Gasteiger partial charge in [0.15, 0.2) is 0 Å². The predicted octanol–water partition coefficient (Wildman–Crippen LogP) is 3.55. The highest BCUT2D eigenvalue weighted by Gasteiger charge is 2.11. The van der Waals surface area contributed by atoms with Gasteiger partial charge in [-0.3, -0.25) is 0 Å². The standard InChI is InChI=1S/C15H22N2/c1-5-17-10-9-12-7-6-8-13(14(12)17)11-16-15(2,3)4/h6-10,16H,5,11H2,1-4H3. The smallest absolute Gasteiger partial charge is 0.0525 e. The van der Waals surface area contributed by atoms with Crippen LogP contribution < -0.4 is 5.32 Å². The SMILES string of the molecule is CCn1ccc2cccc(CNC(C)(C)C)c21. The van der Waals surface area contributed by atoms with Gasteiger partial charge in [0, 0.05) is 24.8 Å². The molecule has 0 aliphatic carbocycles. The Hall–Kier alpha value is -1.28. The van der Waals surface area contributed by atoms with Crippen LogP contribution in [-0.2, 0) is 13.1 Å². The summed E-state index contributed by atoms with van der Waals surface area (Å²) in [6.45, 7) is 10.7. The van der Waals surface area contributed by atoms with Crippen molar-refractivity contribution in [1.82, 2.24) is 9.88 Å². The minimum absolute atomic E-state index is 0.159. The quantitative estimate of drug-likeness (QED) is 0.853. The second-order valence-corrected chi connectivity index (χ2v) is 5.56. The molecule has 2 rings (SSSR count). The Morgan fingerprint density at radius 2 is 1.94 bits per heavy atom. The lowest BCUT2D eigenvalue weighted by molar-refractivity contribution is 0.425. The first-order chi connectivity index (χ1) is 8.01. The molecule has 0 spiro atoms. The van der Waals surface area contributed by atoms with Crippen molar-refractivity contribution >= 4 is 10.9 Å². The van der Waals surface area contributed by atoms with Crippen LogP contribution in [-0.4, -0.2) is 10.1 Å². The number of para-hydroxylation sites is 1. The number of benzene rings is 1.